The summed E-state index contributed by atoms with van der Waals surface area (Å²) in [6.07, 6.45) is 4.86. The molecular formula is C28H25N5O4S. The highest BCUT2D eigenvalue weighted by atomic mass is 32.2. The molecule has 0 unspecified atom stereocenters. The lowest BCUT2D eigenvalue weighted by atomic mass is 10.1. The minimum atomic E-state index is -3.86. The molecule has 192 valence electrons. The molecule has 2 heterocycles. The summed E-state index contributed by atoms with van der Waals surface area (Å²) in [5.41, 5.74) is 3.47. The predicted molar refractivity (Wildman–Crippen MR) is 148 cm³/mol. The van der Waals surface area contributed by atoms with Crippen LogP contribution in [0, 0.1) is 6.92 Å². The molecule has 0 atom stereocenters. The maximum absolute atomic E-state index is 13.3. The van der Waals surface area contributed by atoms with Gasteiger partial charge in [-0.3, -0.25) is 9.71 Å². The number of benzene rings is 3. The zero-order valence-electron chi connectivity index (χ0n) is 21.0. The number of fused-ring (bicyclic) bond motifs is 1. The van der Waals surface area contributed by atoms with Gasteiger partial charge in [-0.1, -0.05) is 18.2 Å². The van der Waals surface area contributed by atoms with Gasteiger partial charge in [0.15, 0.2) is 11.5 Å². The van der Waals surface area contributed by atoms with Gasteiger partial charge in [0.25, 0.3) is 10.0 Å². The largest absolute Gasteiger partial charge is 0.493 e. The molecule has 0 aliphatic carbocycles. The number of pyridine rings is 1. The van der Waals surface area contributed by atoms with Gasteiger partial charge in [0, 0.05) is 40.6 Å². The molecule has 2 aromatic heterocycles. The van der Waals surface area contributed by atoms with Gasteiger partial charge >= 0.3 is 0 Å². The van der Waals surface area contributed by atoms with Crippen LogP contribution >= 0.6 is 0 Å². The zero-order chi connectivity index (χ0) is 26.7. The summed E-state index contributed by atoms with van der Waals surface area (Å²) in [5.74, 6) is 1.58. The van der Waals surface area contributed by atoms with Crippen LogP contribution in [-0.2, 0) is 10.0 Å². The van der Waals surface area contributed by atoms with Gasteiger partial charge in [-0.25, -0.2) is 18.4 Å². The van der Waals surface area contributed by atoms with Crippen molar-refractivity contribution in [2.45, 2.75) is 11.8 Å². The van der Waals surface area contributed by atoms with Gasteiger partial charge in [0.05, 0.1) is 30.5 Å². The normalized spacial score (nSPS) is 11.2. The number of rotatable bonds is 8. The van der Waals surface area contributed by atoms with Crippen molar-refractivity contribution in [2.75, 3.05) is 24.3 Å². The van der Waals surface area contributed by atoms with E-state index in [9.17, 15) is 8.42 Å². The third kappa shape index (κ3) is 5.07. The van der Waals surface area contributed by atoms with Crippen molar-refractivity contribution in [3.8, 4) is 22.8 Å². The van der Waals surface area contributed by atoms with E-state index in [1.165, 1.54) is 0 Å². The summed E-state index contributed by atoms with van der Waals surface area (Å²) >= 11 is 0. The molecule has 0 radical (unpaired) electrons. The first-order chi connectivity index (χ1) is 18.4. The van der Waals surface area contributed by atoms with Crippen molar-refractivity contribution in [2.24, 2.45) is 0 Å². The molecular weight excluding hydrogens is 502 g/mol. The molecule has 38 heavy (non-hydrogen) atoms. The first-order valence-electron chi connectivity index (χ1n) is 11.7. The second-order valence-electron chi connectivity index (χ2n) is 8.45. The van der Waals surface area contributed by atoms with Gasteiger partial charge in [0.1, 0.15) is 0 Å². The third-order valence-electron chi connectivity index (χ3n) is 6.00. The standard InChI is InChI=1S/C28H25N5O4S/c1-18-7-9-21(33-38(34,35)27-6-4-5-20-17-29-13-11-22(20)27)16-24(18)32-28-30-14-12-23(31-28)19-8-10-25(36-2)26(15-19)37-3/h4-17,33H,1-3H3,(H,30,31,32). The number of hydrogen-bond acceptors (Lipinski definition) is 8. The first-order valence-corrected chi connectivity index (χ1v) is 13.1. The third-order valence-corrected chi connectivity index (χ3v) is 7.44. The van der Waals surface area contributed by atoms with Crippen LogP contribution in [0.4, 0.5) is 17.3 Å². The van der Waals surface area contributed by atoms with E-state index in [4.69, 9.17) is 9.47 Å². The number of nitrogens with zero attached hydrogens (tertiary/aromatic N) is 3. The second-order valence-corrected chi connectivity index (χ2v) is 10.1. The lowest BCUT2D eigenvalue weighted by Gasteiger charge is -2.14. The van der Waals surface area contributed by atoms with E-state index in [-0.39, 0.29) is 4.90 Å². The number of ether oxygens (including phenoxy) is 2. The molecule has 5 rings (SSSR count). The number of aryl methyl sites for hydroxylation is 1. The van der Waals surface area contributed by atoms with Crippen LogP contribution in [0.2, 0.25) is 0 Å². The van der Waals surface area contributed by atoms with Crippen LogP contribution in [0.5, 0.6) is 11.5 Å². The van der Waals surface area contributed by atoms with Gasteiger partial charge in [-0.15, -0.1) is 0 Å². The van der Waals surface area contributed by atoms with E-state index in [0.717, 1.165) is 16.5 Å². The molecule has 10 heteroatoms. The Labute approximate surface area is 220 Å². The number of anilines is 3. The summed E-state index contributed by atoms with van der Waals surface area (Å²) in [5, 5.41) is 4.55. The van der Waals surface area contributed by atoms with Crippen molar-refractivity contribution >= 4 is 38.1 Å². The van der Waals surface area contributed by atoms with Gasteiger partial charge in [-0.2, -0.15) is 0 Å². The average Bonchev–Trinajstić information content (AvgIpc) is 2.94. The van der Waals surface area contributed by atoms with Crippen molar-refractivity contribution < 1.29 is 17.9 Å². The number of aromatic nitrogens is 3. The minimum absolute atomic E-state index is 0.179. The van der Waals surface area contributed by atoms with Crippen molar-refractivity contribution in [1.29, 1.82) is 0 Å². The molecule has 0 aliphatic rings. The Morgan fingerprint density at radius 3 is 2.53 bits per heavy atom. The lowest BCUT2D eigenvalue weighted by Crippen LogP contribution is -2.13. The average molecular weight is 528 g/mol. The summed E-state index contributed by atoms with van der Waals surface area (Å²) in [7, 11) is -0.693. The zero-order valence-corrected chi connectivity index (χ0v) is 21.8. The Morgan fingerprint density at radius 1 is 0.868 bits per heavy atom. The molecule has 9 nitrogen and oxygen atoms in total. The molecule has 0 spiro atoms. The molecule has 0 saturated carbocycles. The number of methoxy groups -OCH3 is 2. The van der Waals surface area contributed by atoms with Gasteiger partial charge in [0.2, 0.25) is 5.95 Å². The Morgan fingerprint density at radius 2 is 1.71 bits per heavy atom. The predicted octanol–water partition coefficient (Wildman–Crippen LogP) is 5.56. The monoisotopic (exact) mass is 527 g/mol. The SMILES string of the molecule is COc1ccc(-c2ccnc(Nc3cc(NS(=O)(=O)c4cccc5cnccc45)ccc3C)n2)cc1OC. The van der Waals surface area contributed by atoms with Gasteiger partial charge < -0.3 is 14.8 Å². The smallest absolute Gasteiger partial charge is 0.262 e. The highest BCUT2D eigenvalue weighted by Crippen LogP contribution is 2.32. The first kappa shape index (κ1) is 25.0. The second kappa shape index (κ2) is 10.3. The molecule has 0 fully saturated rings. The summed E-state index contributed by atoms with van der Waals surface area (Å²) in [4.78, 5) is 13.2. The maximum Gasteiger partial charge on any atom is 0.262 e. The number of sulfonamides is 1. The van der Waals surface area contributed by atoms with Crippen LogP contribution in [-0.4, -0.2) is 37.6 Å². The van der Waals surface area contributed by atoms with Crippen LogP contribution in [0.25, 0.3) is 22.0 Å². The number of hydrogen-bond donors (Lipinski definition) is 2. The highest BCUT2D eigenvalue weighted by molar-refractivity contribution is 7.93. The van der Waals surface area contributed by atoms with Crippen molar-refractivity contribution in [3.63, 3.8) is 0 Å². The highest BCUT2D eigenvalue weighted by Gasteiger charge is 2.18. The topological polar surface area (TPSA) is 115 Å². The van der Waals surface area contributed by atoms with E-state index in [1.807, 2.05) is 37.3 Å². The quantitative estimate of drug-likeness (QED) is 0.269. The molecule has 5 aromatic rings. The molecule has 0 saturated heterocycles. The molecule has 0 aliphatic heterocycles. The molecule has 3 aromatic carbocycles. The van der Waals surface area contributed by atoms with Crippen LogP contribution in [0.1, 0.15) is 5.56 Å². The molecule has 0 amide bonds. The Kier molecular flexibility index (Phi) is 6.80. The lowest BCUT2D eigenvalue weighted by molar-refractivity contribution is 0.355. The Hall–Kier alpha value is -4.70. The van der Waals surface area contributed by atoms with E-state index in [0.29, 0.717) is 39.9 Å². The maximum atomic E-state index is 13.3. The summed E-state index contributed by atoms with van der Waals surface area (Å²) in [6, 6.07) is 19.4. The Bertz CT molecular complexity index is 1740. The fourth-order valence-electron chi connectivity index (χ4n) is 4.05. The fraction of sp³-hybridized carbons (Fsp3) is 0.107. The van der Waals surface area contributed by atoms with E-state index < -0.39 is 10.0 Å². The van der Waals surface area contributed by atoms with Gasteiger partial charge in [-0.05, 0) is 61.0 Å². The van der Waals surface area contributed by atoms with Crippen LogP contribution in [0.3, 0.4) is 0 Å². The Balaban J connectivity index is 1.42. The van der Waals surface area contributed by atoms with E-state index in [2.05, 4.69) is 25.0 Å². The van der Waals surface area contributed by atoms with Crippen molar-refractivity contribution in [3.05, 3.63) is 90.9 Å². The minimum Gasteiger partial charge on any atom is -0.493 e. The summed E-state index contributed by atoms with van der Waals surface area (Å²) in [6.45, 7) is 1.91. The molecule has 0 bridgehead atoms. The van der Waals surface area contributed by atoms with Crippen molar-refractivity contribution in [1.82, 2.24) is 15.0 Å². The van der Waals surface area contributed by atoms with E-state index in [1.54, 1.807) is 69.2 Å². The van der Waals surface area contributed by atoms with Crippen LogP contribution in [0.15, 0.2) is 90.2 Å². The summed E-state index contributed by atoms with van der Waals surface area (Å²) < 4.78 is 40.0. The number of nitrogens with one attached hydrogen (secondary N) is 2. The molecule has 2 N–H and O–H groups in total. The van der Waals surface area contributed by atoms with Crippen LogP contribution < -0.4 is 19.5 Å². The van der Waals surface area contributed by atoms with E-state index >= 15 is 0 Å². The fourth-order valence-corrected chi connectivity index (χ4v) is 5.33.